The molecule has 0 radical (unpaired) electrons. The molecule has 0 fully saturated rings. The van der Waals surface area contributed by atoms with E-state index in [0.717, 1.165) is 15.4 Å². The molecule has 4 rings (SSSR count). The van der Waals surface area contributed by atoms with Crippen LogP contribution in [0.2, 0.25) is 10.0 Å². The maximum atomic E-state index is 14.6. The smallest absolute Gasteiger partial charge is 0.264 e. The van der Waals surface area contributed by atoms with Crippen molar-refractivity contribution in [3.8, 4) is 5.75 Å². The summed E-state index contributed by atoms with van der Waals surface area (Å²) in [5.74, 6) is -0.432. The van der Waals surface area contributed by atoms with Gasteiger partial charge >= 0.3 is 0 Å². The predicted octanol–water partition coefficient (Wildman–Crippen LogP) is 7.06. The van der Waals surface area contributed by atoms with Gasteiger partial charge in [0, 0.05) is 29.1 Å². The maximum Gasteiger partial charge on any atom is 0.264 e. The normalized spacial score (nSPS) is 12.6. The molecule has 0 spiro atoms. The number of sulfonamides is 1. The predicted molar refractivity (Wildman–Crippen MR) is 188 cm³/mol. The van der Waals surface area contributed by atoms with Gasteiger partial charge in [0.05, 0.1) is 17.7 Å². The summed E-state index contributed by atoms with van der Waals surface area (Å²) in [5.41, 5.74) is 2.53. The molecule has 0 aliphatic carbocycles. The van der Waals surface area contributed by atoms with E-state index >= 15 is 0 Å². The van der Waals surface area contributed by atoms with E-state index < -0.39 is 28.5 Å². The van der Waals surface area contributed by atoms with Gasteiger partial charge in [0.2, 0.25) is 11.8 Å². The van der Waals surface area contributed by atoms with E-state index in [1.54, 1.807) is 54.6 Å². The summed E-state index contributed by atoms with van der Waals surface area (Å²) in [4.78, 5) is 30.0. The molecule has 0 aliphatic rings. The average Bonchev–Trinajstić information content (AvgIpc) is 3.06. The third-order valence-corrected chi connectivity index (χ3v) is 10.3. The van der Waals surface area contributed by atoms with Crippen LogP contribution in [-0.2, 0) is 32.6 Å². The Kier molecular flexibility index (Phi) is 12.3. The number of carbonyl (C=O) groups is 2. The van der Waals surface area contributed by atoms with E-state index in [1.807, 2.05) is 51.1 Å². The van der Waals surface area contributed by atoms with Crippen molar-refractivity contribution in [2.45, 2.75) is 57.1 Å². The number of benzene rings is 4. The van der Waals surface area contributed by atoms with E-state index in [2.05, 4.69) is 5.32 Å². The highest BCUT2D eigenvalue weighted by Crippen LogP contribution is 2.28. The average molecular weight is 697 g/mol. The number of hydrogen-bond acceptors (Lipinski definition) is 5. The molecule has 11 heteroatoms. The highest BCUT2D eigenvalue weighted by atomic mass is 35.5. The molecule has 0 aliphatic heterocycles. The van der Waals surface area contributed by atoms with Crippen molar-refractivity contribution in [3.05, 3.63) is 124 Å². The molecular weight excluding hydrogens is 657 g/mol. The SMILES string of the molecule is CCC(C)NC(=O)C(Cc1ccccc1)N(Cc1ccc(Cl)cc1Cl)C(=O)CN(c1ccc(OC)cc1)S(=O)(=O)c1ccc(C)cc1. The van der Waals surface area contributed by atoms with E-state index in [4.69, 9.17) is 27.9 Å². The fraction of sp³-hybridized carbons (Fsp3) is 0.278. The first kappa shape index (κ1) is 35.8. The Hall–Kier alpha value is -4.05. The van der Waals surface area contributed by atoms with Crippen molar-refractivity contribution in [1.82, 2.24) is 10.2 Å². The Labute approximate surface area is 287 Å². The fourth-order valence-corrected chi connectivity index (χ4v) is 6.83. The van der Waals surface area contributed by atoms with Gasteiger partial charge in [-0.3, -0.25) is 13.9 Å². The van der Waals surface area contributed by atoms with Crippen LogP contribution >= 0.6 is 23.2 Å². The zero-order valence-electron chi connectivity index (χ0n) is 26.8. The molecule has 2 atom stereocenters. The van der Waals surface area contributed by atoms with Crippen molar-refractivity contribution in [2.24, 2.45) is 0 Å². The lowest BCUT2D eigenvalue weighted by atomic mass is 10.0. The second-order valence-electron chi connectivity index (χ2n) is 11.3. The van der Waals surface area contributed by atoms with Gasteiger partial charge in [-0.05, 0) is 79.9 Å². The summed E-state index contributed by atoms with van der Waals surface area (Å²) >= 11 is 12.8. The number of halogens is 2. The zero-order chi connectivity index (χ0) is 34.1. The van der Waals surface area contributed by atoms with Gasteiger partial charge in [0.1, 0.15) is 18.3 Å². The minimum absolute atomic E-state index is 0.0226. The van der Waals surface area contributed by atoms with Crippen LogP contribution in [0.25, 0.3) is 0 Å². The summed E-state index contributed by atoms with van der Waals surface area (Å²) < 4.78 is 34.7. The number of methoxy groups -OCH3 is 1. The van der Waals surface area contributed by atoms with Gasteiger partial charge < -0.3 is 15.0 Å². The molecule has 0 saturated heterocycles. The van der Waals surface area contributed by atoms with Crippen molar-refractivity contribution in [2.75, 3.05) is 18.0 Å². The summed E-state index contributed by atoms with van der Waals surface area (Å²) in [6.45, 7) is 5.05. The summed E-state index contributed by atoms with van der Waals surface area (Å²) in [7, 11) is -2.72. The minimum atomic E-state index is -4.23. The van der Waals surface area contributed by atoms with Gasteiger partial charge in [-0.2, -0.15) is 0 Å². The maximum absolute atomic E-state index is 14.6. The monoisotopic (exact) mass is 695 g/mol. The molecule has 47 heavy (non-hydrogen) atoms. The standard InChI is InChI=1S/C36H39Cl2N3O5S/c1-5-26(3)39-36(43)34(21-27-9-7-6-8-10-27)40(23-28-13-14-29(37)22-33(28)38)35(42)24-41(30-15-17-31(46-4)18-16-30)47(44,45)32-19-11-25(2)12-20-32/h6-20,22,26,34H,5,21,23-24H2,1-4H3,(H,39,43). The number of nitrogens with zero attached hydrogens (tertiary/aromatic N) is 2. The molecule has 248 valence electrons. The minimum Gasteiger partial charge on any atom is -0.497 e. The third kappa shape index (κ3) is 9.28. The first-order valence-corrected chi connectivity index (χ1v) is 17.4. The highest BCUT2D eigenvalue weighted by Gasteiger charge is 2.35. The molecule has 0 aromatic heterocycles. The summed E-state index contributed by atoms with van der Waals surface area (Å²) in [5, 5.41) is 3.75. The van der Waals surface area contributed by atoms with Crippen molar-refractivity contribution < 1.29 is 22.7 Å². The third-order valence-electron chi connectivity index (χ3n) is 7.88. The molecule has 0 saturated carbocycles. The van der Waals surface area contributed by atoms with Gasteiger partial charge in [0.25, 0.3) is 10.0 Å². The number of aryl methyl sites for hydroxylation is 1. The van der Waals surface area contributed by atoms with E-state index in [-0.39, 0.29) is 35.5 Å². The second-order valence-corrected chi connectivity index (χ2v) is 14.0. The van der Waals surface area contributed by atoms with Crippen molar-refractivity contribution in [1.29, 1.82) is 0 Å². The van der Waals surface area contributed by atoms with Gasteiger partial charge in [-0.25, -0.2) is 8.42 Å². The van der Waals surface area contributed by atoms with Crippen LogP contribution in [-0.4, -0.2) is 50.9 Å². The first-order valence-electron chi connectivity index (χ1n) is 15.2. The molecule has 4 aromatic rings. The Balaban J connectivity index is 1.83. The molecular formula is C36H39Cl2N3O5S. The summed E-state index contributed by atoms with van der Waals surface area (Å²) in [6, 6.07) is 25.9. The first-order chi connectivity index (χ1) is 22.4. The van der Waals surface area contributed by atoms with Gasteiger partial charge in [-0.1, -0.05) is 84.2 Å². The Morgan fingerprint density at radius 1 is 0.915 bits per heavy atom. The Morgan fingerprint density at radius 2 is 1.57 bits per heavy atom. The lowest BCUT2D eigenvalue weighted by Crippen LogP contribution is -2.54. The Bertz CT molecular complexity index is 1770. The Morgan fingerprint density at radius 3 is 2.17 bits per heavy atom. The quantitative estimate of drug-likeness (QED) is 0.152. The fourth-order valence-electron chi connectivity index (χ4n) is 4.94. The number of nitrogens with one attached hydrogen (secondary N) is 1. The number of anilines is 1. The van der Waals surface area contributed by atoms with Crippen molar-refractivity contribution >= 4 is 50.7 Å². The largest absolute Gasteiger partial charge is 0.497 e. The van der Waals surface area contributed by atoms with Crippen LogP contribution in [0.15, 0.2) is 102 Å². The van der Waals surface area contributed by atoms with E-state index in [1.165, 1.54) is 24.1 Å². The molecule has 2 amide bonds. The van der Waals surface area contributed by atoms with Gasteiger partial charge in [-0.15, -0.1) is 0 Å². The van der Waals surface area contributed by atoms with Crippen LogP contribution < -0.4 is 14.4 Å². The van der Waals surface area contributed by atoms with Crippen LogP contribution in [0.4, 0.5) is 5.69 Å². The highest BCUT2D eigenvalue weighted by molar-refractivity contribution is 7.92. The molecule has 2 unspecified atom stereocenters. The number of amides is 2. The second kappa shape index (κ2) is 16.2. The topological polar surface area (TPSA) is 96.0 Å². The molecule has 4 aromatic carbocycles. The van der Waals surface area contributed by atoms with Crippen LogP contribution in [0.1, 0.15) is 37.0 Å². The lowest BCUT2D eigenvalue weighted by molar-refractivity contribution is -0.140. The van der Waals surface area contributed by atoms with Crippen LogP contribution in [0.3, 0.4) is 0 Å². The van der Waals surface area contributed by atoms with E-state index in [0.29, 0.717) is 27.8 Å². The zero-order valence-corrected chi connectivity index (χ0v) is 29.1. The molecule has 0 heterocycles. The molecule has 8 nitrogen and oxygen atoms in total. The summed E-state index contributed by atoms with van der Waals surface area (Å²) in [6.07, 6.45) is 0.869. The van der Waals surface area contributed by atoms with Gasteiger partial charge in [0.15, 0.2) is 0 Å². The molecule has 1 N–H and O–H groups in total. The number of ether oxygens (including phenoxy) is 1. The van der Waals surface area contributed by atoms with E-state index in [9.17, 15) is 18.0 Å². The molecule has 0 bridgehead atoms. The number of carbonyl (C=O) groups excluding carboxylic acids is 2. The van der Waals surface area contributed by atoms with Crippen LogP contribution in [0.5, 0.6) is 5.75 Å². The van der Waals surface area contributed by atoms with Crippen LogP contribution in [0, 0.1) is 6.92 Å². The van der Waals surface area contributed by atoms with Crippen molar-refractivity contribution in [3.63, 3.8) is 0 Å². The number of hydrogen-bond donors (Lipinski definition) is 1. The number of rotatable bonds is 14. The lowest BCUT2D eigenvalue weighted by Gasteiger charge is -2.34.